The van der Waals surface area contributed by atoms with Gasteiger partial charge in [-0.1, -0.05) is 0 Å². The minimum absolute atomic E-state index is 0.138. The van der Waals surface area contributed by atoms with Crippen LogP contribution in [0.2, 0.25) is 0 Å². The number of hydrogen-bond donors (Lipinski definition) is 1. The average molecular weight is 278 g/mol. The Labute approximate surface area is 114 Å². The van der Waals surface area contributed by atoms with E-state index in [1.165, 1.54) is 18.7 Å². The minimum atomic E-state index is -0.917. The number of hydrogen-bond acceptors (Lipinski definition) is 5. The van der Waals surface area contributed by atoms with Gasteiger partial charge in [0.25, 0.3) is 5.56 Å². The first kappa shape index (κ1) is 13.9. The van der Waals surface area contributed by atoms with E-state index in [0.717, 1.165) is 4.57 Å². The van der Waals surface area contributed by atoms with Crippen molar-refractivity contribution in [3.63, 3.8) is 0 Å². The third-order valence-corrected chi connectivity index (χ3v) is 3.58. The summed E-state index contributed by atoms with van der Waals surface area (Å²) in [6, 6.07) is 1.81. The van der Waals surface area contributed by atoms with Crippen LogP contribution >= 0.6 is 0 Å². The van der Waals surface area contributed by atoms with Gasteiger partial charge in [-0.05, 0) is 6.42 Å². The Balaban J connectivity index is 2.59. The van der Waals surface area contributed by atoms with E-state index < -0.39 is 23.1 Å². The average Bonchev–Trinajstić information content (AvgIpc) is 2.89. The fraction of sp³-hybridized carbons (Fsp3) is 0.500. The van der Waals surface area contributed by atoms with Crippen LogP contribution in [0.5, 0.6) is 0 Å². The van der Waals surface area contributed by atoms with E-state index in [9.17, 15) is 14.4 Å². The minimum Gasteiger partial charge on any atom is -0.481 e. The van der Waals surface area contributed by atoms with Gasteiger partial charge in [0.15, 0.2) is 5.56 Å². The Morgan fingerprint density at radius 1 is 1.35 bits per heavy atom. The predicted molar refractivity (Wildman–Crippen MR) is 69.6 cm³/mol. The number of anilines is 1. The number of nitriles is 1. The van der Waals surface area contributed by atoms with Crippen LogP contribution in [-0.2, 0) is 18.9 Å². The molecule has 1 fully saturated rings. The summed E-state index contributed by atoms with van der Waals surface area (Å²) in [4.78, 5) is 36.5. The van der Waals surface area contributed by atoms with Gasteiger partial charge >= 0.3 is 11.7 Å². The van der Waals surface area contributed by atoms with E-state index >= 15 is 0 Å². The summed E-state index contributed by atoms with van der Waals surface area (Å²) in [5.74, 6) is -1.27. The fourth-order valence-electron chi connectivity index (χ4n) is 2.46. The van der Waals surface area contributed by atoms with Crippen molar-refractivity contribution in [1.82, 2.24) is 9.13 Å². The van der Waals surface area contributed by atoms with E-state index in [0.29, 0.717) is 13.0 Å². The molecule has 1 saturated heterocycles. The molecular formula is C12H14N4O4. The van der Waals surface area contributed by atoms with Crippen LogP contribution in [0, 0.1) is 17.2 Å². The summed E-state index contributed by atoms with van der Waals surface area (Å²) >= 11 is 0. The number of rotatable bonds is 2. The summed E-state index contributed by atoms with van der Waals surface area (Å²) in [6.07, 6.45) is 0.420. The van der Waals surface area contributed by atoms with Gasteiger partial charge in [-0.3, -0.25) is 18.7 Å². The van der Waals surface area contributed by atoms with Crippen LogP contribution in [0.25, 0.3) is 0 Å². The van der Waals surface area contributed by atoms with Crippen LogP contribution in [0.4, 0.5) is 5.82 Å². The summed E-state index contributed by atoms with van der Waals surface area (Å²) in [6.45, 7) is 0.580. The largest absolute Gasteiger partial charge is 0.481 e. The first-order valence-corrected chi connectivity index (χ1v) is 6.06. The molecule has 0 spiro atoms. The number of carboxylic acids is 1. The molecule has 2 heterocycles. The maximum Gasteiger partial charge on any atom is 0.332 e. The Kier molecular flexibility index (Phi) is 3.36. The first-order valence-electron chi connectivity index (χ1n) is 6.06. The zero-order chi connectivity index (χ0) is 15.0. The van der Waals surface area contributed by atoms with Crippen molar-refractivity contribution >= 4 is 11.8 Å². The first-order chi connectivity index (χ1) is 9.38. The molecule has 0 amide bonds. The van der Waals surface area contributed by atoms with Crippen LogP contribution in [0.3, 0.4) is 0 Å². The van der Waals surface area contributed by atoms with Crippen LogP contribution < -0.4 is 16.1 Å². The molecule has 106 valence electrons. The van der Waals surface area contributed by atoms with Gasteiger partial charge < -0.3 is 10.0 Å². The maximum atomic E-state index is 11.9. The molecule has 0 aromatic carbocycles. The third kappa shape index (κ3) is 1.97. The molecule has 2 rings (SSSR count). The number of carbonyl (C=O) groups is 1. The van der Waals surface area contributed by atoms with Gasteiger partial charge in [0.2, 0.25) is 0 Å². The lowest BCUT2D eigenvalue weighted by Crippen LogP contribution is -2.42. The SMILES string of the molecule is Cn1c(N2CCC(C(=O)O)C2)c(C#N)c(=O)n(C)c1=O. The summed E-state index contributed by atoms with van der Waals surface area (Å²) < 4.78 is 2.08. The molecule has 8 heteroatoms. The molecule has 1 aromatic heterocycles. The zero-order valence-electron chi connectivity index (χ0n) is 11.2. The molecule has 0 bridgehead atoms. The molecule has 20 heavy (non-hydrogen) atoms. The van der Waals surface area contributed by atoms with Crippen molar-refractivity contribution in [2.75, 3.05) is 18.0 Å². The topological polar surface area (TPSA) is 108 Å². The Hall–Kier alpha value is -2.56. The molecule has 1 aliphatic rings. The van der Waals surface area contributed by atoms with Crippen molar-refractivity contribution in [2.24, 2.45) is 20.0 Å². The van der Waals surface area contributed by atoms with E-state index in [4.69, 9.17) is 10.4 Å². The quantitative estimate of drug-likeness (QED) is 0.733. The highest BCUT2D eigenvalue weighted by Gasteiger charge is 2.31. The lowest BCUT2D eigenvalue weighted by Gasteiger charge is -2.22. The maximum absolute atomic E-state index is 11.9. The molecule has 0 aliphatic carbocycles. The number of nitrogens with zero attached hydrogens (tertiary/aromatic N) is 4. The Bertz CT molecular complexity index is 725. The van der Waals surface area contributed by atoms with Crippen molar-refractivity contribution in [3.8, 4) is 6.07 Å². The molecule has 1 N–H and O–H groups in total. The highest BCUT2D eigenvalue weighted by molar-refractivity contribution is 5.72. The van der Waals surface area contributed by atoms with Gasteiger partial charge in [-0.15, -0.1) is 0 Å². The molecule has 1 aliphatic heterocycles. The lowest BCUT2D eigenvalue weighted by atomic mass is 10.1. The number of aromatic nitrogens is 2. The van der Waals surface area contributed by atoms with E-state index in [2.05, 4.69) is 0 Å². The molecule has 0 radical (unpaired) electrons. The molecular weight excluding hydrogens is 264 g/mol. The van der Waals surface area contributed by atoms with Crippen LogP contribution in [0.15, 0.2) is 9.59 Å². The fourth-order valence-corrected chi connectivity index (χ4v) is 2.46. The van der Waals surface area contributed by atoms with Crippen LogP contribution in [0.1, 0.15) is 12.0 Å². The van der Waals surface area contributed by atoms with E-state index in [-0.39, 0.29) is 17.9 Å². The van der Waals surface area contributed by atoms with E-state index in [1.807, 2.05) is 6.07 Å². The monoisotopic (exact) mass is 278 g/mol. The molecule has 0 saturated carbocycles. The van der Waals surface area contributed by atoms with Gasteiger partial charge in [0.05, 0.1) is 5.92 Å². The Morgan fingerprint density at radius 2 is 2.00 bits per heavy atom. The van der Waals surface area contributed by atoms with Gasteiger partial charge in [-0.2, -0.15) is 5.26 Å². The van der Waals surface area contributed by atoms with Gasteiger partial charge in [-0.25, -0.2) is 4.79 Å². The Morgan fingerprint density at radius 3 is 2.50 bits per heavy atom. The van der Waals surface area contributed by atoms with Crippen molar-refractivity contribution in [3.05, 3.63) is 26.4 Å². The summed E-state index contributed by atoms with van der Waals surface area (Å²) in [7, 11) is 2.77. The molecule has 1 unspecified atom stereocenters. The van der Waals surface area contributed by atoms with Crippen molar-refractivity contribution in [1.29, 1.82) is 5.26 Å². The zero-order valence-corrected chi connectivity index (χ0v) is 11.2. The van der Waals surface area contributed by atoms with Crippen LogP contribution in [-0.4, -0.2) is 33.3 Å². The molecule has 8 nitrogen and oxygen atoms in total. The summed E-state index contributed by atoms with van der Waals surface area (Å²) in [5.41, 5.74) is -1.34. The normalized spacial score (nSPS) is 18.1. The second kappa shape index (κ2) is 4.85. The third-order valence-electron chi connectivity index (χ3n) is 3.58. The van der Waals surface area contributed by atoms with Crippen molar-refractivity contribution in [2.45, 2.75) is 6.42 Å². The van der Waals surface area contributed by atoms with Gasteiger partial charge in [0, 0.05) is 27.2 Å². The highest BCUT2D eigenvalue weighted by atomic mass is 16.4. The highest BCUT2D eigenvalue weighted by Crippen LogP contribution is 2.24. The second-order valence-electron chi connectivity index (χ2n) is 4.79. The van der Waals surface area contributed by atoms with Crippen molar-refractivity contribution < 1.29 is 9.90 Å². The smallest absolute Gasteiger partial charge is 0.332 e. The molecule has 1 aromatic rings. The number of carboxylic acid groups (broad SMARTS) is 1. The van der Waals surface area contributed by atoms with E-state index in [1.54, 1.807) is 4.90 Å². The predicted octanol–water partition coefficient (Wildman–Crippen LogP) is -1.13. The second-order valence-corrected chi connectivity index (χ2v) is 4.79. The number of aliphatic carboxylic acids is 1. The lowest BCUT2D eigenvalue weighted by molar-refractivity contribution is -0.140. The molecule has 1 atom stereocenters. The summed E-state index contributed by atoms with van der Waals surface area (Å²) in [5, 5.41) is 18.2. The standard InChI is InChI=1S/C12H14N4O4/c1-14-9(16-4-3-7(6-16)11(18)19)8(5-13)10(17)15(2)12(14)20/h7H,3-4,6H2,1-2H3,(H,18,19). The van der Waals surface area contributed by atoms with Gasteiger partial charge in [0.1, 0.15) is 11.9 Å².